The van der Waals surface area contributed by atoms with Crippen molar-refractivity contribution < 1.29 is 9.53 Å². The normalized spacial score (nSPS) is 43.6. The van der Waals surface area contributed by atoms with Gasteiger partial charge in [-0.2, -0.15) is 0 Å². The third-order valence-corrected chi connectivity index (χ3v) is 6.18. The molecule has 1 atom stereocenters. The first-order valence-corrected chi connectivity index (χ1v) is 9.05. The predicted octanol–water partition coefficient (Wildman–Crippen LogP) is 1.49. The van der Waals surface area contributed by atoms with E-state index >= 15 is 0 Å². The quantitative estimate of drug-likeness (QED) is 0.740. The molecule has 0 aromatic heterocycles. The Hall–Kier alpha value is -0.810. The third-order valence-electron chi connectivity index (χ3n) is 6.18. The van der Waals surface area contributed by atoms with Crippen LogP contribution in [0, 0.1) is 23.7 Å². The topological polar surface area (TPSA) is 62.4 Å². The zero-order valence-corrected chi connectivity index (χ0v) is 13.4. The Morgan fingerprint density at radius 3 is 2.50 bits per heavy atom. The van der Waals surface area contributed by atoms with Gasteiger partial charge in [-0.25, -0.2) is 4.79 Å². The van der Waals surface area contributed by atoms with E-state index in [9.17, 15) is 4.79 Å². The lowest BCUT2D eigenvalue weighted by Gasteiger charge is -2.56. The summed E-state index contributed by atoms with van der Waals surface area (Å²) in [6, 6.07) is 0.0335. The summed E-state index contributed by atoms with van der Waals surface area (Å²) in [6.45, 7) is 4.05. The highest BCUT2D eigenvalue weighted by atomic mass is 16.5. The minimum atomic E-state index is 0.0335. The first kappa shape index (κ1) is 14.8. The zero-order valence-electron chi connectivity index (χ0n) is 13.4. The Kier molecular flexibility index (Phi) is 4.03. The fourth-order valence-electron chi connectivity index (χ4n) is 5.68. The van der Waals surface area contributed by atoms with Crippen LogP contribution in [0.15, 0.2) is 0 Å². The molecule has 1 aliphatic heterocycles. The van der Waals surface area contributed by atoms with Crippen LogP contribution in [0.4, 0.5) is 4.79 Å². The third kappa shape index (κ3) is 3.11. The van der Waals surface area contributed by atoms with Crippen molar-refractivity contribution in [2.24, 2.45) is 23.7 Å². The molecule has 5 fully saturated rings. The number of hydrogen-bond acceptors (Lipinski definition) is 3. The fraction of sp³-hybridized carbons (Fsp3) is 0.941. The van der Waals surface area contributed by atoms with E-state index in [2.05, 4.69) is 16.0 Å². The van der Waals surface area contributed by atoms with Gasteiger partial charge in [0.1, 0.15) is 0 Å². The molecule has 2 amide bonds. The molecular weight excluding hydrogens is 278 g/mol. The smallest absolute Gasteiger partial charge is 0.315 e. The molecule has 1 saturated heterocycles. The molecular formula is C17H29N3O2. The first-order chi connectivity index (χ1) is 10.7. The summed E-state index contributed by atoms with van der Waals surface area (Å²) in [6.07, 6.45) is 7.86. The Morgan fingerprint density at radius 1 is 1.14 bits per heavy atom. The summed E-state index contributed by atoms with van der Waals surface area (Å²) < 4.78 is 5.54. The van der Waals surface area contributed by atoms with Gasteiger partial charge in [0.05, 0.1) is 13.2 Å². The number of rotatable bonds is 3. The Morgan fingerprint density at radius 2 is 1.82 bits per heavy atom. The lowest BCUT2D eigenvalue weighted by atomic mass is 9.53. The minimum Gasteiger partial charge on any atom is -0.380 e. The van der Waals surface area contributed by atoms with E-state index in [0.29, 0.717) is 12.5 Å². The predicted molar refractivity (Wildman–Crippen MR) is 84.6 cm³/mol. The van der Waals surface area contributed by atoms with Gasteiger partial charge >= 0.3 is 6.03 Å². The van der Waals surface area contributed by atoms with E-state index in [1.54, 1.807) is 0 Å². The molecule has 5 nitrogen and oxygen atoms in total. The molecule has 0 aromatic rings. The molecule has 0 unspecified atom stereocenters. The molecule has 124 valence electrons. The number of urea groups is 1. The summed E-state index contributed by atoms with van der Waals surface area (Å²) in [5.74, 6) is 2.98. The Labute approximate surface area is 132 Å². The van der Waals surface area contributed by atoms with Gasteiger partial charge in [-0.05, 0) is 56.3 Å². The summed E-state index contributed by atoms with van der Waals surface area (Å²) in [7, 11) is 0. The lowest BCUT2D eigenvalue weighted by Crippen LogP contribution is -2.61. The van der Waals surface area contributed by atoms with E-state index in [4.69, 9.17) is 4.74 Å². The van der Waals surface area contributed by atoms with Crippen LogP contribution in [-0.2, 0) is 4.74 Å². The van der Waals surface area contributed by atoms with Crippen molar-refractivity contribution in [2.75, 3.05) is 32.8 Å². The van der Waals surface area contributed by atoms with Crippen molar-refractivity contribution >= 4 is 6.03 Å². The van der Waals surface area contributed by atoms with Crippen LogP contribution in [0.25, 0.3) is 0 Å². The number of amides is 2. The molecule has 0 aromatic carbocycles. The molecule has 22 heavy (non-hydrogen) atoms. The summed E-state index contributed by atoms with van der Waals surface area (Å²) >= 11 is 0. The number of hydrogen-bond donors (Lipinski definition) is 3. The van der Waals surface area contributed by atoms with E-state index in [1.807, 2.05) is 0 Å². The molecule has 5 rings (SSSR count). The maximum atomic E-state index is 12.4. The lowest BCUT2D eigenvalue weighted by molar-refractivity contribution is -0.0135. The SMILES string of the molecule is O=C(NC[C@H]1CNCCOC1)NC12CC3CC(CC(C3)C1)C2. The number of nitrogens with one attached hydrogen (secondary N) is 3. The first-order valence-electron chi connectivity index (χ1n) is 9.05. The van der Waals surface area contributed by atoms with Crippen molar-refractivity contribution in [3.8, 4) is 0 Å². The van der Waals surface area contributed by atoms with Crippen molar-refractivity contribution in [2.45, 2.75) is 44.1 Å². The van der Waals surface area contributed by atoms with Gasteiger partial charge in [0.2, 0.25) is 0 Å². The molecule has 5 aliphatic rings. The second-order valence-electron chi connectivity index (χ2n) is 8.18. The molecule has 4 aliphatic carbocycles. The second-order valence-corrected chi connectivity index (χ2v) is 8.18. The van der Waals surface area contributed by atoms with E-state index in [0.717, 1.165) is 44.1 Å². The summed E-state index contributed by atoms with van der Waals surface area (Å²) in [5, 5.41) is 9.80. The summed E-state index contributed by atoms with van der Waals surface area (Å²) in [5.41, 5.74) is 0.108. The average molecular weight is 307 g/mol. The molecule has 0 spiro atoms. The van der Waals surface area contributed by atoms with Crippen LogP contribution in [0.2, 0.25) is 0 Å². The number of ether oxygens (including phenoxy) is 1. The Bertz CT molecular complexity index is 383. The maximum Gasteiger partial charge on any atom is 0.315 e. The highest BCUT2D eigenvalue weighted by Crippen LogP contribution is 2.55. The standard InChI is InChI=1S/C17H29N3O2/c21-16(19-10-15-9-18-1-2-22-11-15)20-17-6-12-3-13(7-17)5-14(4-12)8-17/h12-15,18H,1-11H2,(H2,19,20,21)/t12?,13?,14?,15-,17?/m1/s1. The second kappa shape index (κ2) is 6.00. The Balaban J connectivity index is 1.28. The number of carbonyl (C=O) groups is 1. The van der Waals surface area contributed by atoms with Gasteiger partial charge in [0, 0.05) is 31.1 Å². The van der Waals surface area contributed by atoms with Crippen molar-refractivity contribution in [3.05, 3.63) is 0 Å². The van der Waals surface area contributed by atoms with Crippen molar-refractivity contribution in [3.63, 3.8) is 0 Å². The zero-order chi connectivity index (χ0) is 15.0. The van der Waals surface area contributed by atoms with Gasteiger partial charge < -0.3 is 20.7 Å². The van der Waals surface area contributed by atoms with Gasteiger partial charge in [-0.3, -0.25) is 0 Å². The van der Waals surface area contributed by atoms with E-state index < -0.39 is 0 Å². The van der Waals surface area contributed by atoms with Crippen LogP contribution in [0.5, 0.6) is 0 Å². The monoisotopic (exact) mass is 307 g/mol. The minimum absolute atomic E-state index is 0.0335. The number of carbonyl (C=O) groups excluding carboxylic acids is 1. The maximum absolute atomic E-state index is 12.4. The highest BCUT2D eigenvalue weighted by molar-refractivity contribution is 5.74. The molecule has 5 heteroatoms. The van der Waals surface area contributed by atoms with Crippen molar-refractivity contribution in [1.29, 1.82) is 0 Å². The summed E-state index contributed by atoms with van der Waals surface area (Å²) in [4.78, 5) is 12.4. The van der Waals surface area contributed by atoms with Gasteiger partial charge in [0.25, 0.3) is 0 Å². The van der Waals surface area contributed by atoms with E-state index in [1.165, 1.54) is 38.5 Å². The fourth-order valence-corrected chi connectivity index (χ4v) is 5.68. The van der Waals surface area contributed by atoms with E-state index in [-0.39, 0.29) is 11.6 Å². The largest absolute Gasteiger partial charge is 0.380 e. The van der Waals surface area contributed by atoms with Crippen LogP contribution >= 0.6 is 0 Å². The molecule has 4 bridgehead atoms. The highest BCUT2D eigenvalue weighted by Gasteiger charge is 2.51. The molecule has 0 radical (unpaired) electrons. The molecule has 1 heterocycles. The average Bonchev–Trinajstić information content (AvgIpc) is 2.71. The van der Waals surface area contributed by atoms with Crippen molar-refractivity contribution in [1.82, 2.24) is 16.0 Å². The van der Waals surface area contributed by atoms with Crippen LogP contribution in [0.3, 0.4) is 0 Å². The van der Waals surface area contributed by atoms with Crippen LogP contribution < -0.4 is 16.0 Å². The van der Waals surface area contributed by atoms with Gasteiger partial charge in [0.15, 0.2) is 0 Å². The van der Waals surface area contributed by atoms with Crippen LogP contribution in [0.1, 0.15) is 38.5 Å². The van der Waals surface area contributed by atoms with Gasteiger partial charge in [-0.15, -0.1) is 0 Å². The molecule has 3 N–H and O–H groups in total. The molecule has 4 saturated carbocycles. The van der Waals surface area contributed by atoms with Crippen LogP contribution in [-0.4, -0.2) is 44.4 Å². The van der Waals surface area contributed by atoms with Gasteiger partial charge in [-0.1, -0.05) is 0 Å².